The quantitative estimate of drug-likeness (QED) is 0.0123. The van der Waals surface area contributed by atoms with Crippen molar-refractivity contribution in [3.05, 3.63) is 36.5 Å². The Balaban J connectivity index is 2.75. The second kappa shape index (κ2) is 37.2. The van der Waals surface area contributed by atoms with Gasteiger partial charge in [-0.2, -0.15) is 0 Å². The Hall–Kier alpha value is -1.63. The monoisotopic (exact) mass is 1020 g/mol. The summed E-state index contributed by atoms with van der Waals surface area (Å²) in [6, 6.07) is 0. The van der Waals surface area contributed by atoms with Crippen LogP contribution in [0.2, 0.25) is 0 Å². The van der Waals surface area contributed by atoms with E-state index in [-0.39, 0.29) is 12.8 Å². The third-order valence-electron chi connectivity index (χ3n) is 10.9. The van der Waals surface area contributed by atoms with Gasteiger partial charge in [0.1, 0.15) is 43.2 Å². The number of allylic oxidation sites excluding steroid dienone is 6. The topological polar surface area (TPSA) is 303 Å². The lowest BCUT2D eigenvalue weighted by Gasteiger charge is -2.44. The number of ether oxygens (including phenoxy) is 2. The number of phosphoric acid groups is 3. The Morgan fingerprint density at radius 2 is 0.866 bits per heavy atom. The molecule has 0 radical (unpaired) electrons. The highest BCUT2D eigenvalue weighted by Gasteiger charge is 2.56. The van der Waals surface area contributed by atoms with Crippen molar-refractivity contribution in [2.75, 3.05) is 13.2 Å². The first-order valence-corrected chi connectivity index (χ1v) is 28.8. The molecule has 1 saturated carbocycles. The largest absolute Gasteiger partial charge is 0.472 e. The van der Waals surface area contributed by atoms with Crippen LogP contribution in [-0.4, -0.2) is 108 Å². The minimum atomic E-state index is -5.60. The van der Waals surface area contributed by atoms with E-state index in [2.05, 4.69) is 47.2 Å². The van der Waals surface area contributed by atoms with E-state index in [1.54, 1.807) is 0 Å². The van der Waals surface area contributed by atoms with Crippen molar-refractivity contribution in [2.24, 2.45) is 0 Å². The van der Waals surface area contributed by atoms with Gasteiger partial charge in [0.2, 0.25) is 0 Å². The van der Waals surface area contributed by atoms with Crippen LogP contribution in [0.3, 0.4) is 0 Å². The van der Waals surface area contributed by atoms with Gasteiger partial charge in [0.15, 0.2) is 6.10 Å². The van der Waals surface area contributed by atoms with E-state index < -0.39 is 91.3 Å². The molecule has 19 nitrogen and oxygen atoms in total. The van der Waals surface area contributed by atoms with Gasteiger partial charge in [-0.15, -0.1) is 0 Å². The number of rotatable bonds is 41. The van der Waals surface area contributed by atoms with E-state index >= 15 is 0 Å². The molecule has 0 amide bonds. The number of phosphoric ester groups is 3. The maximum Gasteiger partial charge on any atom is 0.472 e. The molecule has 0 saturated heterocycles. The standard InChI is InChI=1S/C45H83O19P3/c1-3-5-7-9-11-13-15-17-19-21-23-25-27-29-31-33-38(46)59-35-37(61-39(47)34-32-30-28-26-24-22-20-18-16-14-12-10-8-6-4-2)36-60-67(57,58)64-43-40(48)41(49)44(62-65(51,52)53)45(42(43)50)63-66(54,55)56/h11,13,17,19,23,25,37,40-45,48-50H,3-10,12,14-16,18,20-22,24,26-36H2,1-2H3,(H,57,58)(H2,51,52,53)(H2,54,55,56)/t37-,40?,41?,42?,43+,44?,45+/m1/s1. The molecule has 1 fully saturated rings. The number of aliphatic hydroxyl groups excluding tert-OH is 3. The van der Waals surface area contributed by atoms with Gasteiger partial charge in [-0.25, -0.2) is 13.7 Å². The number of esters is 2. The average molecular weight is 1020 g/mol. The third kappa shape index (κ3) is 33.6. The van der Waals surface area contributed by atoms with Crippen molar-refractivity contribution in [1.29, 1.82) is 0 Å². The van der Waals surface area contributed by atoms with Crippen LogP contribution >= 0.6 is 23.5 Å². The fourth-order valence-corrected chi connectivity index (χ4v) is 9.39. The number of hydrogen-bond donors (Lipinski definition) is 8. The first kappa shape index (κ1) is 63.4. The first-order chi connectivity index (χ1) is 31.8. The lowest BCUT2D eigenvalue weighted by atomic mass is 9.85. The van der Waals surface area contributed by atoms with E-state index in [9.17, 15) is 63.1 Å². The zero-order chi connectivity index (χ0) is 50.0. The molecule has 0 heterocycles. The molecule has 8 N–H and O–H groups in total. The van der Waals surface area contributed by atoms with Gasteiger partial charge in [-0.1, -0.05) is 153 Å². The normalized spacial score (nSPS) is 21.9. The van der Waals surface area contributed by atoms with Crippen molar-refractivity contribution in [2.45, 2.75) is 224 Å². The fraction of sp³-hybridized carbons (Fsp3) is 0.822. The number of carbonyl (C=O) groups excluding carboxylic acids is 2. The summed E-state index contributed by atoms with van der Waals surface area (Å²) in [5.74, 6) is -1.34. The summed E-state index contributed by atoms with van der Waals surface area (Å²) in [6.07, 6.45) is 21.6. The summed E-state index contributed by atoms with van der Waals surface area (Å²) in [5.41, 5.74) is 0. The average Bonchev–Trinajstić information content (AvgIpc) is 3.25. The Morgan fingerprint density at radius 3 is 1.36 bits per heavy atom. The minimum absolute atomic E-state index is 0.00732. The molecule has 0 spiro atoms. The summed E-state index contributed by atoms with van der Waals surface area (Å²) in [4.78, 5) is 73.2. The summed E-state index contributed by atoms with van der Waals surface area (Å²) in [6.45, 7) is 2.89. The van der Waals surface area contributed by atoms with Crippen LogP contribution in [0, 0.1) is 0 Å². The van der Waals surface area contributed by atoms with Crippen LogP contribution in [0.15, 0.2) is 36.5 Å². The van der Waals surface area contributed by atoms with Crippen molar-refractivity contribution in [1.82, 2.24) is 0 Å². The van der Waals surface area contributed by atoms with Gasteiger partial charge in [-0.3, -0.25) is 27.7 Å². The second-order valence-electron chi connectivity index (χ2n) is 17.0. The number of hydrogen-bond acceptors (Lipinski definition) is 14. The van der Waals surface area contributed by atoms with Crippen molar-refractivity contribution < 1.29 is 90.6 Å². The smallest absolute Gasteiger partial charge is 0.462 e. The first-order valence-electron chi connectivity index (χ1n) is 24.3. The molecular formula is C45H83O19P3. The number of carbonyl (C=O) groups is 2. The predicted octanol–water partition coefficient (Wildman–Crippen LogP) is 8.85. The van der Waals surface area contributed by atoms with Crippen LogP contribution in [-0.2, 0) is 50.9 Å². The molecule has 8 atom stereocenters. The van der Waals surface area contributed by atoms with Crippen LogP contribution < -0.4 is 0 Å². The van der Waals surface area contributed by atoms with E-state index in [0.717, 1.165) is 57.8 Å². The zero-order valence-electron chi connectivity index (χ0n) is 39.7. The zero-order valence-corrected chi connectivity index (χ0v) is 42.4. The Morgan fingerprint density at radius 1 is 0.478 bits per heavy atom. The lowest BCUT2D eigenvalue weighted by Crippen LogP contribution is -2.65. The summed E-state index contributed by atoms with van der Waals surface area (Å²) in [7, 11) is -16.6. The van der Waals surface area contributed by atoms with Gasteiger partial charge in [-0.05, 0) is 51.4 Å². The number of aliphatic hydroxyl groups is 3. The molecule has 22 heteroatoms. The van der Waals surface area contributed by atoms with Crippen LogP contribution in [0.25, 0.3) is 0 Å². The highest BCUT2D eigenvalue weighted by atomic mass is 31.2. The van der Waals surface area contributed by atoms with Crippen LogP contribution in [0.4, 0.5) is 0 Å². The van der Waals surface area contributed by atoms with Crippen LogP contribution in [0.5, 0.6) is 0 Å². The molecule has 67 heavy (non-hydrogen) atoms. The van der Waals surface area contributed by atoms with Gasteiger partial charge >= 0.3 is 35.4 Å². The van der Waals surface area contributed by atoms with Crippen molar-refractivity contribution in [3.63, 3.8) is 0 Å². The fourth-order valence-electron chi connectivity index (χ4n) is 7.30. The molecule has 0 aromatic heterocycles. The van der Waals surface area contributed by atoms with Gasteiger partial charge in [0.25, 0.3) is 0 Å². The Labute approximate surface area is 398 Å². The third-order valence-corrected chi connectivity index (χ3v) is 13.0. The SMILES string of the molecule is CCCCCC=CCC=CCC=CCCCCC(=O)OC[C@H](COP(=O)(O)O[C@H]1C(O)C(O)C(OP(=O)(O)O)[C@@H](OP(=O)(O)O)C1O)OC(=O)CCCCCCCCCCCCCCCCC. The van der Waals surface area contributed by atoms with E-state index in [0.29, 0.717) is 19.3 Å². The lowest BCUT2D eigenvalue weighted by molar-refractivity contribution is -0.213. The highest BCUT2D eigenvalue weighted by Crippen LogP contribution is 2.51. The Bertz CT molecular complexity index is 1550. The summed E-state index contributed by atoms with van der Waals surface area (Å²) >= 11 is 0. The van der Waals surface area contributed by atoms with Crippen LogP contribution in [0.1, 0.15) is 181 Å². The molecule has 0 aliphatic heterocycles. The van der Waals surface area contributed by atoms with Gasteiger partial charge in [0, 0.05) is 12.8 Å². The summed E-state index contributed by atoms with van der Waals surface area (Å²) in [5, 5.41) is 31.9. The summed E-state index contributed by atoms with van der Waals surface area (Å²) < 4.78 is 65.4. The molecule has 0 bridgehead atoms. The maximum absolute atomic E-state index is 13.1. The van der Waals surface area contributed by atoms with Gasteiger partial charge in [0.05, 0.1) is 6.61 Å². The van der Waals surface area contributed by atoms with Crippen molar-refractivity contribution in [3.8, 4) is 0 Å². The molecule has 5 unspecified atom stereocenters. The molecule has 1 rings (SSSR count). The number of unbranched alkanes of at least 4 members (excludes halogenated alkanes) is 19. The van der Waals surface area contributed by atoms with Gasteiger partial charge < -0.3 is 49.3 Å². The maximum atomic E-state index is 13.1. The molecule has 0 aromatic carbocycles. The molecule has 392 valence electrons. The highest BCUT2D eigenvalue weighted by molar-refractivity contribution is 7.47. The van der Waals surface area contributed by atoms with E-state index in [4.69, 9.17) is 18.5 Å². The molecular weight excluding hydrogens is 937 g/mol. The molecule has 1 aliphatic carbocycles. The minimum Gasteiger partial charge on any atom is -0.462 e. The second-order valence-corrected chi connectivity index (χ2v) is 20.8. The molecule has 1 aliphatic rings. The van der Waals surface area contributed by atoms with E-state index in [1.165, 1.54) is 77.0 Å². The van der Waals surface area contributed by atoms with E-state index in [1.807, 2.05) is 12.2 Å². The van der Waals surface area contributed by atoms with Crippen molar-refractivity contribution >= 4 is 35.4 Å². The molecule has 0 aromatic rings. The Kier molecular flexibility index (Phi) is 35.2. The predicted molar refractivity (Wildman–Crippen MR) is 252 cm³/mol.